The summed E-state index contributed by atoms with van der Waals surface area (Å²) in [4.78, 5) is 47.7. The van der Waals surface area contributed by atoms with Crippen LogP contribution in [0, 0.1) is 0 Å². The lowest BCUT2D eigenvalue weighted by molar-refractivity contribution is -0.134. The molecule has 0 unspecified atom stereocenters. The van der Waals surface area contributed by atoms with Crippen LogP contribution in [0.4, 0.5) is 10.6 Å². The van der Waals surface area contributed by atoms with Crippen molar-refractivity contribution in [2.24, 2.45) is 0 Å². The van der Waals surface area contributed by atoms with Crippen LogP contribution in [-0.2, 0) is 11.3 Å². The zero-order valence-corrected chi connectivity index (χ0v) is 16.8. The van der Waals surface area contributed by atoms with Gasteiger partial charge in [-0.05, 0) is 25.3 Å². The molecule has 1 N–H and O–H groups in total. The maximum absolute atomic E-state index is 13.3. The molecule has 0 bridgehead atoms. The summed E-state index contributed by atoms with van der Waals surface area (Å²) >= 11 is 0. The van der Waals surface area contributed by atoms with Crippen LogP contribution in [-0.4, -0.2) is 66.8 Å². The van der Waals surface area contributed by atoms with E-state index in [9.17, 15) is 9.59 Å². The number of imide groups is 1. The number of aromatic amines is 1. The molecule has 0 atom stereocenters. The quantitative estimate of drug-likeness (QED) is 0.668. The molecule has 0 aliphatic carbocycles. The van der Waals surface area contributed by atoms with Crippen LogP contribution in [0.15, 0.2) is 43.0 Å². The smallest absolute Gasteiger partial charge is 0.327 e. The SMILES string of the molecule is CCN1C(=O)N(Cc2ccccc2)C2(CCN(c3ncnc4nc[nH]c34)CC2)C1=O. The first-order chi connectivity index (χ1) is 14.6. The van der Waals surface area contributed by atoms with E-state index in [0.29, 0.717) is 44.7 Å². The van der Waals surface area contributed by atoms with E-state index in [2.05, 4.69) is 24.8 Å². The molecule has 0 radical (unpaired) electrons. The summed E-state index contributed by atoms with van der Waals surface area (Å²) in [5.74, 6) is 0.700. The van der Waals surface area contributed by atoms with Crippen LogP contribution in [0.2, 0.25) is 0 Å². The van der Waals surface area contributed by atoms with Crippen LogP contribution in [0.3, 0.4) is 0 Å². The number of aromatic nitrogens is 4. The number of hydrogen-bond acceptors (Lipinski definition) is 6. The molecule has 2 aliphatic heterocycles. The minimum atomic E-state index is -0.806. The number of urea groups is 1. The number of nitrogens with zero attached hydrogens (tertiary/aromatic N) is 6. The summed E-state index contributed by atoms with van der Waals surface area (Å²) in [5, 5.41) is 0. The first-order valence-corrected chi connectivity index (χ1v) is 10.2. The van der Waals surface area contributed by atoms with Crippen LogP contribution in [0.25, 0.3) is 11.2 Å². The molecule has 154 valence electrons. The van der Waals surface area contributed by atoms with Gasteiger partial charge in [0.1, 0.15) is 17.4 Å². The van der Waals surface area contributed by atoms with Gasteiger partial charge < -0.3 is 14.8 Å². The Hall–Kier alpha value is -3.49. The molecule has 3 amide bonds. The van der Waals surface area contributed by atoms with Gasteiger partial charge in [-0.3, -0.25) is 9.69 Å². The Balaban J connectivity index is 1.44. The van der Waals surface area contributed by atoms with E-state index in [4.69, 9.17) is 0 Å². The van der Waals surface area contributed by atoms with Crippen molar-refractivity contribution in [3.63, 3.8) is 0 Å². The van der Waals surface area contributed by atoms with E-state index < -0.39 is 5.54 Å². The molecular formula is C21H23N7O2. The number of carbonyl (C=O) groups is 2. The lowest BCUT2D eigenvalue weighted by Gasteiger charge is -2.42. The molecule has 0 saturated carbocycles. The lowest BCUT2D eigenvalue weighted by Crippen LogP contribution is -2.56. The normalized spacial score (nSPS) is 18.8. The minimum absolute atomic E-state index is 0.0834. The molecule has 1 aromatic carbocycles. The number of benzene rings is 1. The van der Waals surface area contributed by atoms with Gasteiger partial charge in [-0.1, -0.05) is 30.3 Å². The van der Waals surface area contributed by atoms with E-state index in [-0.39, 0.29) is 11.9 Å². The number of hydrogen-bond donors (Lipinski definition) is 1. The fourth-order valence-electron chi connectivity index (χ4n) is 4.61. The van der Waals surface area contributed by atoms with Gasteiger partial charge in [0.05, 0.1) is 6.33 Å². The van der Waals surface area contributed by atoms with Crippen molar-refractivity contribution in [1.29, 1.82) is 0 Å². The number of carbonyl (C=O) groups excluding carboxylic acids is 2. The van der Waals surface area contributed by atoms with Crippen LogP contribution < -0.4 is 4.90 Å². The van der Waals surface area contributed by atoms with Gasteiger partial charge in [0.15, 0.2) is 11.5 Å². The predicted molar refractivity (Wildman–Crippen MR) is 111 cm³/mol. The van der Waals surface area contributed by atoms with Gasteiger partial charge >= 0.3 is 6.03 Å². The number of nitrogens with one attached hydrogen (secondary N) is 1. The van der Waals surface area contributed by atoms with Crippen molar-refractivity contribution in [2.75, 3.05) is 24.5 Å². The first kappa shape index (κ1) is 18.5. The molecule has 9 heteroatoms. The number of imidazole rings is 1. The lowest BCUT2D eigenvalue weighted by atomic mass is 9.85. The Morgan fingerprint density at radius 3 is 2.57 bits per heavy atom. The Labute approximate surface area is 173 Å². The molecule has 30 heavy (non-hydrogen) atoms. The van der Waals surface area contributed by atoms with E-state index >= 15 is 0 Å². The maximum Gasteiger partial charge on any atom is 0.327 e. The zero-order valence-electron chi connectivity index (χ0n) is 16.8. The Morgan fingerprint density at radius 2 is 1.83 bits per heavy atom. The first-order valence-electron chi connectivity index (χ1n) is 10.2. The minimum Gasteiger partial charge on any atom is -0.355 e. The van der Waals surface area contributed by atoms with Crippen molar-refractivity contribution >= 4 is 28.9 Å². The van der Waals surface area contributed by atoms with Crippen molar-refractivity contribution in [2.45, 2.75) is 31.8 Å². The second kappa shape index (κ2) is 7.08. The van der Waals surface area contributed by atoms with Gasteiger partial charge in [0.25, 0.3) is 5.91 Å². The van der Waals surface area contributed by atoms with Gasteiger partial charge in [0.2, 0.25) is 0 Å². The van der Waals surface area contributed by atoms with Crippen LogP contribution >= 0.6 is 0 Å². The van der Waals surface area contributed by atoms with E-state index in [0.717, 1.165) is 16.9 Å². The topological polar surface area (TPSA) is 98.3 Å². The number of piperidine rings is 1. The number of anilines is 1. The van der Waals surface area contributed by atoms with Gasteiger partial charge in [0, 0.05) is 26.2 Å². The second-order valence-corrected chi connectivity index (χ2v) is 7.72. The highest BCUT2D eigenvalue weighted by Crippen LogP contribution is 2.39. The van der Waals surface area contributed by atoms with Crippen molar-refractivity contribution in [1.82, 2.24) is 29.7 Å². The summed E-state index contributed by atoms with van der Waals surface area (Å²) in [6, 6.07) is 9.64. The Kier molecular flexibility index (Phi) is 4.38. The maximum atomic E-state index is 13.3. The molecule has 4 heterocycles. The standard InChI is InChI=1S/C21H23N7O2/c1-2-27-19(29)21(28(20(27)30)12-15-6-4-3-5-7-15)8-10-26(11-9-21)18-16-17(23-13-22-16)24-14-25-18/h3-7,13-14H,2,8-12H2,1H3,(H,22,23,24,25). The van der Waals surface area contributed by atoms with Crippen molar-refractivity contribution in [3.8, 4) is 0 Å². The van der Waals surface area contributed by atoms with Crippen molar-refractivity contribution < 1.29 is 9.59 Å². The third-order valence-corrected chi connectivity index (χ3v) is 6.21. The van der Waals surface area contributed by atoms with Crippen LogP contribution in [0.5, 0.6) is 0 Å². The molecular weight excluding hydrogens is 382 g/mol. The van der Waals surface area contributed by atoms with Gasteiger partial charge in [-0.2, -0.15) is 0 Å². The Morgan fingerprint density at radius 1 is 1.07 bits per heavy atom. The largest absolute Gasteiger partial charge is 0.355 e. The third-order valence-electron chi connectivity index (χ3n) is 6.21. The molecule has 1 spiro atoms. The van der Waals surface area contributed by atoms with E-state index in [1.165, 1.54) is 11.2 Å². The number of H-pyrrole nitrogens is 1. The number of likely N-dealkylation sites (N-methyl/N-ethyl adjacent to an activating group) is 1. The second-order valence-electron chi connectivity index (χ2n) is 7.72. The average Bonchev–Trinajstić information content (AvgIpc) is 3.33. The van der Waals surface area contributed by atoms with Gasteiger partial charge in [-0.25, -0.2) is 19.7 Å². The monoisotopic (exact) mass is 405 g/mol. The highest BCUT2D eigenvalue weighted by molar-refractivity contribution is 6.07. The number of fused-ring (bicyclic) bond motifs is 1. The zero-order chi connectivity index (χ0) is 20.7. The number of amides is 3. The summed E-state index contributed by atoms with van der Waals surface area (Å²) in [7, 11) is 0. The molecule has 2 saturated heterocycles. The summed E-state index contributed by atoms with van der Waals surface area (Å²) in [5.41, 5.74) is 1.63. The van der Waals surface area contributed by atoms with E-state index in [1.807, 2.05) is 37.3 Å². The molecule has 3 aromatic rings. The van der Waals surface area contributed by atoms with E-state index in [1.54, 1.807) is 11.2 Å². The fourth-order valence-corrected chi connectivity index (χ4v) is 4.61. The predicted octanol–water partition coefficient (Wildman–Crippen LogP) is 2.18. The highest BCUT2D eigenvalue weighted by Gasteiger charge is 2.57. The molecule has 9 nitrogen and oxygen atoms in total. The third kappa shape index (κ3) is 2.72. The molecule has 2 aromatic heterocycles. The summed E-state index contributed by atoms with van der Waals surface area (Å²) < 4.78 is 0. The number of rotatable bonds is 4. The molecule has 5 rings (SSSR count). The van der Waals surface area contributed by atoms with Crippen LogP contribution in [0.1, 0.15) is 25.3 Å². The summed E-state index contributed by atoms with van der Waals surface area (Å²) in [6.07, 6.45) is 4.23. The molecule has 2 aliphatic rings. The highest BCUT2D eigenvalue weighted by atomic mass is 16.2. The molecule has 2 fully saturated rings. The van der Waals surface area contributed by atoms with Gasteiger partial charge in [-0.15, -0.1) is 0 Å². The fraction of sp³-hybridized carbons (Fsp3) is 0.381. The average molecular weight is 405 g/mol. The van der Waals surface area contributed by atoms with Crippen molar-refractivity contribution in [3.05, 3.63) is 48.5 Å². The Bertz CT molecular complexity index is 1090. The summed E-state index contributed by atoms with van der Waals surface area (Å²) in [6.45, 7) is 3.90.